The molecule has 2 N–H and O–H groups in total. The first-order chi connectivity index (χ1) is 6.72. The van der Waals surface area contributed by atoms with Gasteiger partial charge in [-0.2, -0.15) is 0 Å². The van der Waals surface area contributed by atoms with Crippen molar-refractivity contribution in [1.29, 1.82) is 0 Å². The molecule has 0 aromatic heterocycles. The molecule has 0 unspecified atom stereocenters. The fourth-order valence-electron chi connectivity index (χ4n) is 1.46. The summed E-state index contributed by atoms with van der Waals surface area (Å²) in [6.07, 6.45) is 1.40. The van der Waals surface area contributed by atoms with Gasteiger partial charge in [0.15, 0.2) is 0 Å². The van der Waals surface area contributed by atoms with Crippen LogP contribution in [0.25, 0.3) is 5.57 Å². The van der Waals surface area contributed by atoms with Crippen molar-refractivity contribution in [3.63, 3.8) is 0 Å². The van der Waals surface area contributed by atoms with Gasteiger partial charge < -0.3 is 10.4 Å². The maximum atomic E-state index is 12.8. The standard InChI is InChI=1S/C10H8FNO2/c11-6-1-2-7-8(3-4-13)10(14)12-9(7)5-6/h1-3,5,13H,4H2,(H,12,14). The van der Waals surface area contributed by atoms with E-state index in [4.69, 9.17) is 5.11 Å². The van der Waals surface area contributed by atoms with Crippen LogP contribution in [0.4, 0.5) is 10.1 Å². The lowest BCUT2D eigenvalue weighted by Gasteiger charge is -1.96. The average Bonchev–Trinajstić information content (AvgIpc) is 2.43. The summed E-state index contributed by atoms with van der Waals surface area (Å²) in [5, 5.41) is 11.2. The minimum Gasteiger partial charge on any atom is -0.392 e. The Bertz CT molecular complexity index is 426. The van der Waals surface area contributed by atoms with Gasteiger partial charge >= 0.3 is 0 Å². The molecule has 3 nitrogen and oxygen atoms in total. The van der Waals surface area contributed by atoms with Crippen molar-refractivity contribution in [1.82, 2.24) is 0 Å². The van der Waals surface area contributed by atoms with E-state index in [0.717, 1.165) is 0 Å². The number of hydrogen-bond acceptors (Lipinski definition) is 2. The second-order valence-electron chi connectivity index (χ2n) is 2.94. The van der Waals surface area contributed by atoms with Crippen LogP contribution in [-0.2, 0) is 4.79 Å². The molecule has 1 aromatic carbocycles. The lowest BCUT2D eigenvalue weighted by atomic mass is 10.1. The van der Waals surface area contributed by atoms with Crippen LogP contribution in [0.3, 0.4) is 0 Å². The Morgan fingerprint density at radius 3 is 3.00 bits per heavy atom. The quantitative estimate of drug-likeness (QED) is 0.657. The highest BCUT2D eigenvalue weighted by Gasteiger charge is 2.23. The molecule has 14 heavy (non-hydrogen) atoms. The average molecular weight is 193 g/mol. The maximum absolute atomic E-state index is 12.8. The number of aliphatic hydroxyl groups is 1. The third kappa shape index (κ3) is 1.29. The number of amides is 1. The maximum Gasteiger partial charge on any atom is 0.256 e. The monoisotopic (exact) mass is 193 g/mol. The summed E-state index contributed by atoms with van der Waals surface area (Å²) in [6.45, 7) is -0.209. The van der Waals surface area contributed by atoms with E-state index in [1.165, 1.54) is 24.3 Å². The summed E-state index contributed by atoms with van der Waals surface area (Å²) < 4.78 is 12.8. The fraction of sp³-hybridized carbons (Fsp3) is 0.100. The van der Waals surface area contributed by atoms with Crippen LogP contribution in [0.1, 0.15) is 5.56 Å². The SMILES string of the molecule is O=C1Nc2cc(F)ccc2C1=CCO. The fourth-order valence-corrected chi connectivity index (χ4v) is 1.46. The van der Waals surface area contributed by atoms with Crippen molar-refractivity contribution in [2.75, 3.05) is 11.9 Å². The molecule has 0 spiro atoms. The summed E-state index contributed by atoms with van der Waals surface area (Å²) in [5.41, 5.74) is 1.47. The Morgan fingerprint density at radius 2 is 2.29 bits per heavy atom. The molecule has 0 bridgehead atoms. The van der Waals surface area contributed by atoms with Crippen molar-refractivity contribution in [3.8, 4) is 0 Å². The van der Waals surface area contributed by atoms with Gasteiger partial charge in [-0.3, -0.25) is 4.79 Å². The predicted molar refractivity (Wildman–Crippen MR) is 50.1 cm³/mol. The number of carbonyl (C=O) groups is 1. The van der Waals surface area contributed by atoms with E-state index in [9.17, 15) is 9.18 Å². The number of benzene rings is 1. The molecule has 0 fully saturated rings. The van der Waals surface area contributed by atoms with Crippen molar-refractivity contribution >= 4 is 17.2 Å². The van der Waals surface area contributed by atoms with E-state index < -0.39 is 5.82 Å². The van der Waals surface area contributed by atoms with Gasteiger partial charge in [0, 0.05) is 11.1 Å². The Hall–Kier alpha value is -1.68. The smallest absolute Gasteiger partial charge is 0.256 e. The Kier molecular flexibility index (Phi) is 2.05. The minimum atomic E-state index is -0.394. The zero-order valence-corrected chi connectivity index (χ0v) is 7.25. The second-order valence-corrected chi connectivity index (χ2v) is 2.94. The highest BCUT2D eigenvalue weighted by Crippen LogP contribution is 2.31. The van der Waals surface area contributed by atoms with Crippen LogP contribution in [0, 0.1) is 5.82 Å². The van der Waals surface area contributed by atoms with Crippen LogP contribution >= 0.6 is 0 Å². The summed E-state index contributed by atoms with van der Waals surface area (Å²) in [4.78, 5) is 11.3. The summed E-state index contributed by atoms with van der Waals surface area (Å²) >= 11 is 0. The second kappa shape index (κ2) is 3.23. The molecule has 4 heteroatoms. The van der Waals surface area contributed by atoms with Gasteiger partial charge in [0.1, 0.15) is 5.82 Å². The van der Waals surface area contributed by atoms with Gasteiger partial charge in [0.05, 0.1) is 12.3 Å². The third-order valence-corrected chi connectivity index (χ3v) is 2.06. The molecule has 0 saturated carbocycles. The topological polar surface area (TPSA) is 49.3 Å². The molecule has 0 aliphatic carbocycles. The normalized spacial score (nSPS) is 17.0. The van der Waals surface area contributed by atoms with Crippen LogP contribution in [0.2, 0.25) is 0 Å². The third-order valence-electron chi connectivity index (χ3n) is 2.06. The molecule has 1 aliphatic rings. The van der Waals surface area contributed by atoms with Crippen LogP contribution in [-0.4, -0.2) is 17.6 Å². The number of carbonyl (C=O) groups excluding carboxylic acids is 1. The van der Waals surface area contributed by atoms with Gasteiger partial charge in [-0.1, -0.05) is 0 Å². The molecule has 1 heterocycles. The number of nitrogens with one attached hydrogen (secondary N) is 1. The first-order valence-corrected chi connectivity index (χ1v) is 4.14. The van der Waals surface area contributed by atoms with Crippen molar-refractivity contribution in [3.05, 3.63) is 35.7 Å². The van der Waals surface area contributed by atoms with E-state index in [1.54, 1.807) is 0 Å². The van der Waals surface area contributed by atoms with Gasteiger partial charge in [0.25, 0.3) is 5.91 Å². The first-order valence-electron chi connectivity index (χ1n) is 4.14. The molecular formula is C10H8FNO2. The number of anilines is 1. The van der Waals surface area contributed by atoms with Crippen molar-refractivity contribution < 1.29 is 14.3 Å². The zero-order valence-electron chi connectivity index (χ0n) is 7.25. The number of halogens is 1. The Morgan fingerprint density at radius 1 is 1.50 bits per heavy atom. The summed E-state index contributed by atoms with van der Waals surface area (Å²) in [6, 6.07) is 4.06. The summed E-state index contributed by atoms with van der Waals surface area (Å²) in [7, 11) is 0. The van der Waals surface area contributed by atoms with Crippen LogP contribution < -0.4 is 5.32 Å². The van der Waals surface area contributed by atoms with Gasteiger partial charge in [-0.25, -0.2) is 4.39 Å². The molecule has 0 radical (unpaired) electrons. The molecule has 1 aromatic rings. The largest absolute Gasteiger partial charge is 0.392 e. The zero-order chi connectivity index (χ0) is 10.1. The van der Waals surface area contributed by atoms with Crippen LogP contribution in [0.5, 0.6) is 0 Å². The van der Waals surface area contributed by atoms with Gasteiger partial charge in [-0.05, 0) is 24.3 Å². The van der Waals surface area contributed by atoms with Crippen molar-refractivity contribution in [2.45, 2.75) is 0 Å². The number of hydrogen-bond donors (Lipinski definition) is 2. The molecule has 0 atom stereocenters. The highest BCUT2D eigenvalue weighted by molar-refractivity contribution is 6.31. The molecule has 72 valence electrons. The lowest BCUT2D eigenvalue weighted by Crippen LogP contribution is -2.04. The van der Waals surface area contributed by atoms with E-state index in [1.807, 2.05) is 0 Å². The molecule has 1 aliphatic heterocycles. The molecule has 0 saturated heterocycles. The first kappa shape index (κ1) is 8.90. The highest BCUT2D eigenvalue weighted by atomic mass is 19.1. The Labute approximate surface area is 79.9 Å². The molecule has 2 rings (SSSR count). The minimum absolute atomic E-state index is 0.209. The van der Waals surface area contributed by atoms with E-state index >= 15 is 0 Å². The summed E-state index contributed by atoms with van der Waals surface area (Å²) in [5.74, 6) is -0.700. The van der Waals surface area contributed by atoms with Gasteiger partial charge in [0.2, 0.25) is 0 Å². The number of aliphatic hydroxyl groups excluding tert-OH is 1. The van der Waals surface area contributed by atoms with E-state index in [-0.39, 0.29) is 12.5 Å². The van der Waals surface area contributed by atoms with Gasteiger partial charge in [-0.15, -0.1) is 0 Å². The van der Waals surface area contributed by atoms with E-state index in [2.05, 4.69) is 5.32 Å². The Balaban J connectivity index is 2.53. The number of rotatable bonds is 1. The lowest BCUT2D eigenvalue weighted by molar-refractivity contribution is -0.110. The predicted octanol–water partition coefficient (Wildman–Crippen LogP) is 1.15. The number of fused-ring (bicyclic) bond motifs is 1. The van der Waals surface area contributed by atoms with E-state index in [0.29, 0.717) is 16.8 Å². The van der Waals surface area contributed by atoms with Crippen LogP contribution in [0.15, 0.2) is 24.3 Å². The molecular weight excluding hydrogens is 185 g/mol. The molecule has 1 amide bonds. The van der Waals surface area contributed by atoms with Crippen molar-refractivity contribution in [2.24, 2.45) is 0 Å².